The Hall–Kier alpha value is -2.41. The van der Waals surface area contributed by atoms with Gasteiger partial charge in [0, 0.05) is 11.5 Å². The molecule has 0 radical (unpaired) electrons. The lowest BCUT2D eigenvalue weighted by molar-refractivity contribution is -0.667. The summed E-state index contributed by atoms with van der Waals surface area (Å²) >= 11 is 0. The van der Waals surface area contributed by atoms with E-state index in [4.69, 9.17) is 0 Å². The molecule has 0 saturated heterocycles. The van der Waals surface area contributed by atoms with E-state index in [0.29, 0.717) is 0 Å². The predicted octanol–water partition coefficient (Wildman–Crippen LogP) is 4.45. The van der Waals surface area contributed by atoms with Gasteiger partial charge in [0.05, 0.1) is 5.39 Å². The molecule has 0 unspecified atom stereocenters. The molecule has 0 atom stereocenters. The van der Waals surface area contributed by atoms with Crippen LogP contribution in [0.5, 0.6) is 0 Å². The van der Waals surface area contributed by atoms with Crippen LogP contribution in [0.1, 0.15) is 6.92 Å². The summed E-state index contributed by atoms with van der Waals surface area (Å²) in [5, 5.41) is 6.61. The van der Waals surface area contributed by atoms with Gasteiger partial charge in [-0.3, -0.25) is 0 Å². The van der Waals surface area contributed by atoms with E-state index in [1.165, 1.54) is 32.4 Å². The lowest BCUT2D eigenvalue weighted by Crippen LogP contribution is -2.32. The summed E-state index contributed by atoms with van der Waals surface area (Å²) < 4.78 is 2.33. The van der Waals surface area contributed by atoms with Crippen molar-refractivity contribution in [1.82, 2.24) is 0 Å². The summed E-state index contributed by atoms with van der Waals surface area (Å²) in [6.45, 7) is 3.18. The lowest BCUT2D eigenvalue weighted by Gasteiger charge is -2.06. The van der Waals surface area contributed by atoms with Crippen molar-refractivity contribution in [1.29, 1.82) is 0 Å². The van der Waals surface area contributed by atoms with Gasteiger partial charge in [-0.25, -0.2) is 0 Å². The van der Waals surface area contributed by atoms with Gasteiger partial charge in [-0.15, -0.1) is 0 Å². The SMILES string of the molecule is CC[n+]1cccc2ccc3c4ccccc4ccc3c21. The van der Waals surface area contributed by atoms with Crippen LogP contribution in [-0.2, 0) is 6.54 Å². The highest BCUT2D eigenvalue weighted by Crippen LogP contribution is 2.29. The van der Waals surface area contributed by atoms with Crippen molar-refractivity contribution in [3.63, 3.8) is 0 Å². The highest BCUT2D eigenvalue weighted by Gasteiger charge is 2.12. The van der Waals surface area contributed by atoms with Gasteiger partial charge in [0.25, 0.3) is 0 Å². The Bertz CT molecular complexity index is 938. The smallest absolute Gasteiger partial charge is 0.198 e. The van der Waals surface area contributed by atoms with Gasteiger partial charge < -0.3 is 0 Å². The average molecular weight is 258 g/mol. The van der Waals surface area contributed by atoms with Gasteiger partial charge in [0.1, 0.15) is 6.54 Å². The second kappa shape index (κ2) is 4.31. The topological polar surface area (TPSA) is 3.88 Å². The Morgan fingerprint density at radius 3 is 2.35 bits per heavy atom. The van der Waals surface area contributed by atoms with Crippen molar-refractivity contribution in [2.24, 2.45) is 0 Å². The van der Waals surface area contributed by atoms with E-state index < -0.39 is 0 Å². The summed E-state index contributed by atoms with van der Waals surface area (Å²) in [6.07, 6.45) is 2.16. The first-order valence-corrected chi connectivity index (χ1v) is 7.11. The number of benzene rings is 3. The largest absolute Gasteiger partial charge is 0.220 e. The van der Waals surface area contributed by atoms with Gasteiger partial charge >= 0.3 is 0 Å². The molecule has 20 heavy (non-hydrogen) atoms. The van der Waals surface area contributed by atoms with Crippen molar-refractivity contribution < 1.29 is 4.57 Å². The molecule has 1 heteroatoms. The maximum Gasteiger partial charge on any atom is 0.220 e. The molecule has 1 aromatic heterocycles. The molecule has 0 saturated carbocycles. The van der Waals surface area contributed by atoms with E-state index in [1.54, 1.807) is 0 Å². The molecule has 1 nitrogen and oxygen atoms in total. The normalized spacial score (nSPS) is 11.4. The lowest BCUT2D eigenvalue weighted by atomic mass is 9.99. The fraction of sp³-hybridized carbons (Fsp3) is 0.105. The first-order valence-electron chi connectivity index (χ1n) is 7.11. The molecule has 0 N–H and O–H groups in total. The van der Waals surface area contributed by atoms with Gasteiger partial charge in [-0.2, -0.15) is 4.57 Å². The molecule has 0 spiro atoms. The molecule has 4 rings (SSSR count). The quantitative estimate of drug-likeness (QED) is 0.351. The number of hydrogen-bond donors (Lipinski definition) is 0. The van der Waals surface area contributed by atoms with Crippen LogP contribution >= 0.6 is 0 Å². The molecule has 0 aliphatic carbocycles. The predicted molar refractivity (Wildman–Crippen MR) is 84.8 cm³/mol. The molecular formula is C19H16N+. The molecule has 1 heterocycles. The van der Waals surface area contributed by atoms with Gasteiger partial charge in [-0.05, 0) is 41.3 Å². The molecule has 0 fully saturated rings. The Morgan fingerprint density at radius 2 is 1.45 bits per heavy atom. The molecule has 0 amide bonds. The third-order valence-electron chi connectivity index (χ3n) is 4.10. The minimum absolute atomic E-state index is 0.989. The summed E-state index contributed by atoms with van der Waals surface area (Å²) in [5.41, 5.74) is 1.33. The number of hydrogen-bond acceptors (Lipinski definition) is 0. The molecule has 4 aromatic rings. The summed E-state index contributed by atoms with van der Waals surface area (Å²) in [4.78, 5) is 0. The van der Waals surface area contributed by atoms with Crippen LogP contribution in [0.4, 0.5) is 0 Å². The summed E-state index contributed by atoms with van der Waals surface area (Å²) in [6, 6.07) is 21.9. The van der Waals surface area contributed by atoms with Crippen LogP contribution in [0.2, 0.25) is 0 Å². The van der Waals surface area contributed by atoms with Gasteiger partial charge in [0.15, 0.2) is 6.20 Å². The zero-order chi connectivity index (χ0) is 13.5. The van der Waals surface area contributed by atoms with Crippen LogP contribution in [-0.4, -0.2) is 0 Å². The first-order chi connectivity index (χ1) is 9.88. The Balaban J connectivity index is 2.28. The van der Waals surface area contributed by atoms with E-state index >= 15 is 0 Å². The first kappa shape index (κ1) is 11.4. The Labute approximate surface area is 118 Å². The summed E-state index contributed by atoms with van der Waals surface area (Å²) in [5.74, 6) is 0. The fourth-order valence-corrected chi connectivity index (χ4v) is 3.13. The fourth-order valence-electron chi connectivity index (χ4n) is 3.13. The van der Waals surface area contributed by atoms with Gasteiger partial charge in [0.2, 0.25) is 5.52 Å². The molecule has 0 aliphatic heterocycles. The van der Waals surface area contributed by atoms with Crippen LogP contribution in [0, 0.1) is 0 Å². The highest BCUT2D eigenvalue weighted by molar-refractivity contribution is 6.15. The van der Waals surface area contributed by atoms with Crippen molar-refractivity contribution in [2.45, 2.75) is 13.5 Å². The van der Waals surface area contributed by atoms with Crippen molar-refractivity contribution in [2.75, 3.05) is 0 Å². The number of pyridine rings is 1. The number of rotatable bonds is 1. The minimum atomic E-state index is 0.989. The van der Waals surface area contributed by atoms with Crippen LogP contribution < -0.4 is 4.57 Å². The molecular weight excluding hydrogens is 242 g/mol. The van der Waals surface area contributed by atoms with E-state index in [1.807, 2.05) is 0 Å². The van der Waals surface area contributed by atoms with Crippen LogP contribution in [0.3, 0.4) is 0 Å². The highest BCUT2D eigenvalue weighted by atomic mass is 14.9. The molecule has 3 aromatic carbocycles. The zero-order valence-electron chi connectivity index (χ0n) is 11.5. The third-order valence-corrected chi connectivity index (χ3v) is 4.10. The van der Waals surface area contributed by atoms with E-state index in [-0.39, 0.29) is 0 Å². The van der Waals surface area contributed by atoms with E-state index in [9.17, 15) is 0 Å². The van der Waals surface area contributed by atoms with E-state index in [0.717, 1.165) is 6.54 Å². The molecule has 0 bridgehead atoms. The number of aromatic nitrogens is 1. The van der Waals surface area contributed by atoms with Crippen LogP contribution in [0.15, 0.2) is 66.9 Å². The third kappa shape index (κ3) is 1.53. The van der Waals surface area contributed by atoms with Crippen molar-refractivity contribution in [3.8, 4) is 0 Å². The second-order valence-electron chi connectivity index (χ2n) is 5.18. The standard InChI is InChI=1S/C19H16N/c1-2-20-13-5-7-15-10-11-17-16-8-4-3-6-14(16)9-12-18(17)19(15)20/h3-13H,2H2,1H3/q+1. The monoisotopic (exact) mass is 258 g/mol. The van der Waals surface area contributed by atoms with Gasteiger partial charge in [-0.1, -0.05) is 36.4 Å². The zero-order valence-corrected chi connectivity index (χ0v) is 11.5. The van der Waals surface area contributed by atoms with Crippen molar-refractivity contribution in [3.05, 3.63) is 66.9 Å². The summed E-state index contributed by atoms with van der Waals surface area (Å²) in [7, 11) is 0. The van der Waals surface area contributed by atoms with E-state index in [2.05, 4.69) is 78.4 Å². The van der Waals surface area contributed by atoms with Crippen LogP contribution in [0.25, 0.3) is 32.4 Å². The maximum absolute atomic E-state index is 2.33. The average Bonchev–Trinajstić information content (AvgIpc) is 2.53. The number of fused-ring (bicyclic) bond motifs is 5. The Morgan fingerprint density at radius 1 is 0.700 bits per heavy atom. The number of nitrogens with zero attached hydrogens (tertiary/aromatic N) is 1. The Kier molecular flexibility index (Phi) is 2.46. The minimum Gasteiger partial charge on any atom is -0.198 e. The van der Waals surface area contributed by atoms with Crippen molar-refractivity contribution >= 4 is 32.4 Å². The molecule has 0 aliphatic rings. The number of aryl methyl sites for hydroxylation is 1. The molecule has 96 valence electrons. The maximum atomic E-state index is 2.33. The second-order valence-corrected chi connectivity index (χ2v) is 5.18.